The van der Waals surface area contributed by atoms with Crippen LogP contribution in [0.5, 0.6) is 5.75 Å². The molecule has 1 aromatic rings. The summed E-state index contributed by atoms with van der Waals surface area (Å²) in [7, 11) is 1.65. The maximum Gasteiger partial charge on any atom is 0.245 e. The molecule has 136 valence electrons. The Bertz CT molecular complexity index is 638. The van der Waals surface area contributed by atoms with Gasteiger partial charge < -0.3 is 15.4 Å². The molecule has 3 rings (SSSR count). The summed E-state index contributed by atoms with van der Waals surface area (Å²) in [4.78, 5) is 25.4. The van der Waals surface area contributed by atoms with E-state index < -0.39 is 5.54 Å². The van der Waals surface area contributed by atoms with Gasteiger partial charge in [0.2, 0.25) is 11.8 Å². The number of rotatable bonds is 6. The minimum atomic E-state index is -0.715. The summed E-state index contributed by atoms with van der Waals surface area (Å²) in [6, 6.07) is 7.91. The van der Waals surface area contributed by atoms with Crippen LogP contribution in [0.2, 0.25) is 0 Å². The number of ether oxygens (including phenoxy) is 1. The van der Waals surface area contributed by atoms with E-state index in [1.54, 1.807) is 7.11 Å². The smallest absolute Gasteiger partial charge is 0.245 e. The molecule has 2 amide bonds. The van der Waals surface area contributed by atoms with Crippen molar-refractivity contribution in [2.24, 2.45) is 5.92 Å². The Morgan fingerprint density at radius 2 is 2.00 bits per heavy atom. The van der Waals surface area contributed by atoms with Gasteiger partial charge >= 0.3 is 0 Å². The second-order valence-electron chi connectivity index (χ2n) is 7.22. The van der Waals surface area contributed by atoms with Crippen LogP contribution in [0.1, 0.15) is 56.9 Å². The Hall–Kier alpha value is -2.04. The predicted octanol–water partition coefficient (Wildman–Crippen LogP) is 2.75. The van der Waals surface area contributed by atoms with Gasteiger partial charge in [-0.1, -0.05) is 31.4 Å². The van der Waals surface area contributed by atoms with Gasteiger partial charge in [-0.05, 0) is 49.8 Å². The second-order valence-corrected chi connectivity index (χ2v) is 7.22. The Balaban J connectivity index is 1.67. The molecule has 2 N–H and O–H groups in total. The number of benzene rings is 1. The zero-order valence-corrected chi connectivity index (χ0v) is 15.1. The number of methoxy groups -OCH3 is 1. The molecular weight excluding hydrogens is 316 g/mol. The zero-order valence-electron chi connectivity index (χ0n) is 15.1. The summed E-state index contributed by atoms with van der Waals surface area (Å²) in [6.45, 7) is 2.50. The van der Waals surface area contributed by atoms with Crippen molar-refractivity contribution < 1.29 is 14.3 Å². The number of amides is 2. The van der Waals surface area contributed by atoms with E-state index in [2.05, 4.69) is 10.6 Å². The van der Waals surface area contributed by atoms with Gasteiger partial charge in [0.25, 0.3) is 0 Å². The molecule has 2 saturated carbocycles. The fourth-order valence-electron chi connectivity index (χ4n) is 3.95. The monoisotopic (exact) mass is 344 g/mol. The van der Waals surface area contributed by atoms with Crippen LogP contribution in [0.3, 0.4) is 0 Å². The van der Waals surface area contributed by atoms with Gasteiger partial charge in [-0.15, -0.1) is 0 Å². The summed E-state index contributed by atoms with van der Waals surface area (Å²) in [5, 5.41) is 6.03. The fourth-order valence-corrected chi connectivity index (χ4v) is 3.95. The molecule has 0 heterocycles. The molecule has 0 aromatic heterocycles. The van der Waals surface area contributed by atoms with Crippen molar-refractivity contribution in [2.45, 2.75) is 56.9 Å². The van der Waals surface area contributed by atoms with Crippen LogP contribution in [0.15, 0.2) is 24.3 Å². The van der Waals surface area contributed by atoms with Crippen LogP contribution in [0.25, 0.3) is 0 Å². The lowest BCUT2D eigenvalue weighted by Gasteiger charge is -2.36. The Morgan fingerprint density at radius 3 is 2.68 bits per heavy atom. The lowest BCUT2D eigenvalue weighted by atomic mass is 9.80. The summed E-state index contributed by atoms with van der Waals surface area (Å²) >= 11 is 0. The van der Waals surface area contributed by atoms with E-state index >= 15 is 0 Å². The molecule has 5 nitrogen and oxygen atoms in total. The van der Waals surface area contributed by atoms with E-state index in [0.717, 1.165) is 49.8 Å². The van der Waals surface area contributed by atoms with Crippen LogP contribution in [-0.2, 0) is 9.59 Å². The van der Waals surface area contributed by atoms with E-state index in [4.69, 9.17) is 4.74 Å². The minimum absolute atomic E-state index is 0.0148. The van der Waals surface area contributed by atoms with Crippen LogP contribution in [0, 0.1) is 5.92 Å². The molecule has 25 heavy (non-hydrogen) atoms. The van der Waals surface area contributed by atoms with Gasteiger partial charge in [-0.2, -0.15) is 0 Å². The van der Waals surface area contributed by atoms with E-state index in [-0.39, 0.29) is 23.7 Å². The van der Waals surface area contributed by atoms with Crippen LogP contribution in [0.4, 0.5) is 0 Å². The van der Waals surface area contributed by atoms with E-state index in [1.165, 1.54) is 0 Å². The third-order valence-electron chi connectivity index (χ3n) is 5.49. The number of hydrogen-bond acceptors (Lipinski definition) is 3. The molecular formula is C20H28N2O3. The lowest BCUT2D eigenvalue weighted by molar-refractivity contribution is -0.135. The molecule has 0 spiro atoms. The van der Waals surface area contributed by atoms with Crippen molar-refractivity contribution in [1.29, 1.82) is 0 Å². The first-order valence-electron chi connectivity index (χ1n) is 9.34. The maximum atomic E-state index is 12.8. The standard InChI is InChI=1S/C20H28N2O3/c1-3-21-19(24)20(10-5-4-6-11-20)22-18(23)17-13-16(17)14-8-7-9-15(12-14)25-2/h7-9,12,16-17H,3-6,10-11,13H2,1-2H3,(H,21,24)(H,22,23)/t16-,17-/m1/s1. The molecule has 1 aromatic carbocycles. The molecule has 0 unspecified atom stereocenters. The van der Waals surface area contributed by atoms with Crippen molar-refractivity contribution in [3.05, 3.63) is 29.8 Å². The Kier molecular flexibility index (Phi) is 5.30. The van der Waals surface area contributed by atoms with Crippen LogP contribution >= 0.6 is 0 Å². The third kappa shape index (κ3) is 3.80. The highest BCUT2D eigenvalue weighted by molar-refractivity contribution is 5.93. The van der Waals surface area contributed by atoms with Crippen LogP contribution in [-0.4, -0.2) is 31.0 Å². The number of nitrogens with one attached hydrogen (secondary N) is 2. The van der Waals surface area contributed by atoms with Gasteiger partial charge in [0.05, 0.1) is 7.11 Å². The predicted molar refractivity (Wildman–Crippen MR) is 96.5 cm³/mol. The number of likely N-dealkylation sites (N-methyl/N-ethyl adjacent to an activating group) is 1. The maximum absolute atomic E-state index is 12.8. The van der Waals surface area contributed by atoms with E-state index in [9.17, 15) is 9.59 Å². The van der Waals surface area contributed by atoms with Crippen molar-refractivity contribution in [1.82, 2.24) is 10.6 Å². The quantitative estimate of drug-likeness (QED) is 0.834. The van der Waals surface area contributed by atoms with Crippen molar-refractivity contribution >= 4 is 11.8 Å². The molecule has 0 bridgehead atoms. The van der Waals surface area contributed by atoms with Crippen LogP contribution < -0.4 is 15.4 Å². The fraction of sp³-hybridized carbons (Fsp3) is 0.600. The average molecular weight is 344 g/mol. The topological polar surface area (TPSA) is 67.4 Å². The highest BCUT2D eigenvalue weighted by atomic mass is 16.5. The van der Waals surface area contributed by atoms with Gasteiger partial charge in [0.15, 0.2) is 0 Å². The molecule has 2 atom stereocenters. The second kappa shape index (κ2) is 7.46. The SMILES string of the molecule is CCNC(=O)C1(NC(=O)[C@@H]2C[C@@H]2c2cccc(OC)c2)CCCCC1. The summed E-state index contributed by atoms with van der Waals surface area (Å²) in [6.07, 6.45) is 5.42. The number of carbonyl (C=O) groups is 2. The first kappa shape index (κ1) is 17.8. The number of carbonyl (C=O) groups excluding carboxylic acids is 2. The van der Waals surface area contributed by atoms with E-state index in [0.29, 0.717) is 6.54 Å². The largest absolute Gasteiger partial charge is 0.497 e. The summed E-state index contributed by atoms with van der Waals surface area (Å²) in [5.74, 6) is 0.988. The molecule has 2 aliphatic carbocycles. The number of hydrogen-bond donors (Lipinski definition) is 2. The van der Waals surface area contributed by atoms with Crippen molar-refractivity contribution in [2.75, 3.05) is 13.7 Å². The molecule has 0 radical (unpaired) electrons. The highest BCUT2D eigenvalue weighted by Crippen LogP contribution is 2.48. The minimum Gasteiger partial charge on any atom is -0.497 e. The Labute approximate surface area is 149 Å². The van der Waals surface area contributed by atoms with Crippen molar-refractivity contribution in [3.8, 4) is 5.75 Å². The summed E-state index contributed by atoms with van der Waals surface area (Å²) < 4.78 is 5.27. The van der Waals surface area contributed by atoms with Crippen molar-refractivity contribution in [3.63, 3.8) is 0 Å². The lowest BCUT2D eigenvalue weighted by Crippen LogP contribution is -2.60. The van der Waals surface area contributed by atoms with Gasteiger partial charge in [0.1, 0.15) is 11.3 Å². The van der Waals surface area contributed by atoms with E-state index in [1.807, 2.05) is 31.2 Å². The molecule has 2 fully saturated rings. The molecule has 2 aliphatic rings. The zero-order chi connectivity index (χ0) is 17.9. The van der Waals surface area contributed by atoms with Gasteiger partial charge in [-0.25, -0.2) is 0 Å². The Morgan fingerprint density at radius 1 is 1.24 bits per heavy atom. The molecule has 0 saturated heterocycles. The first-order chi connectivity index (χ1) is 12.1. The third-order valence-corrected chi connectivity index (χ3v) is 5.49. The highest BCUT2D eigenvalue weighted by Gasteiger charge is 2.48. The summed E-state index contributed by atoms with van der Waals surface area (Å²) in [5.41, 5.74) is 0.419. The first-order valence-corrected chi connectivity index (χ1v) is 9.34. The molecule has 0 aliphatic heterocycles. The van der Waals surface area contributed by atoms with Gasteiger partial charge in [0, 0.05) is 12.5 Å². The average Bonchev–Trinajstić information content (AvgIpc) is 3.44. The normalized spacial score (nSPS) is 24.2. The van der Waals surface area contributed by atoms with Gasteiger partial charge in [-0.3, -0.25) is 9.59 Å². The molecule has 5 heteroatoms.